The molecule has 0 bridgehead atoms. The fraction of sp³-hybridized carbons (Fsp3) is 0.229. The molecular weight excluding hydrogens is 613 g/mol. The topological polar surface area (TPSA) is 145 Å². The molecule has 2 atom stereocenters. The summed E-state index contributed by atoms with van der Waals surface area (Å²) in [4.78, 5) is 11.5. The molecule has 4 aromatic carbocycles. The number of fused-ring (bicyclic) bond motifs is 1. The number of carboxylic acids is 1. The lowest BCUT2D eigenvalue weighted by molar-refractivity contribution is -0.140. The van der Waals surface area contributed by atoms with Crippen LogP contribution >= 0.6 is 11.6 Å². The summed E-state index contributed by atoms with van der Waals surface area (Å²) in [5, 5.41) is 40.6. The number of nitriles is 2. The van der Waals surface area contributed by atoms with E-state index in [0.29, 0.717) is 52.2 Å². The van der Waals surface area contributed by atoms with E-state index in [2.05, 4.69) is 5.32 Å². The lowest BCUT2D eigenvalue weighted by Crippen LogP contribution is -2.39. The average Bonchev–Trinajstić information content (AvgIpc) is 3.48. The van der Waals surface area contributed by atoms with Crippen molar-refractivity contribution in [2.24, 2.45) is 0 Å². The number of ether oxygens (including phenoxy) is 3. The van der Waals surface area contributed by atoms with Gasteiger partial charge in [-0.05, 0) is 65.4 Å². The van der Waals surface area contributed by atoms with Crippen LogP contribution in [0, 0.1) is 28.5 Å². The maximum absolute atomic E-state index is 15.2. The second-order valence-electron chi connectivity index (χ2n) is 10.6. The predicted molar refractivity (Wildman–Crippen MR) is 167 cm³/mol. The molecular formula is C35H29ClFN3O6. The van der Waals surface area contributed by atoms with Gasteiger partial charge in [0.1, 0.15) is 30.3 Å². The van der Waals surface area contributed by atoms with E-state index < -0.39 is 30.5 Å². The normalized spacial score (nSPS) is 14.1. The zero-order valence-corrected chi connectivity index (χ0v) is 25.5. The largest absolute Gasteiger partial charge is 0.494 e. The van der Waals surface area contributed by atoms with E-state index in [0.717, 1.165) is 16.7 Å². The number of hydrogen-bond donors (Lipinski definition) is 3. The van der Waals surface area contributed by atoms with Crippen LogP contribution in [0.15, 0.2) is 66.7 Å². The molecule has 3 N–H and O–H groups in total. The number of hydrogen-bond acceptors (Lipinski definition) is 8. The zero-order chi connectivity index (χ0) is 32.8. The molecule has 1 aliphatic carbocycles. The molecule has 0 heterocycles. The number of carbonyl (C=O) groups is 1. The van der Waals surface area contributed by atoms with E-state index in [1.165, 1.54) is 13.2 Å². The number of nitrogens with zero attached hydrogens (tertiary/aromatic N) is 2. The number of aliphatic hydroxyl groups excluding tert-OH is 1. The van der Waals surface area contributed by atoms with Crippen molar-refractivity contribution in [3.05, 3.63) is 111 Å². The van der Waals surface area contributed by atoms with E-state index in [1.807, 2.05) is 30.3 Å². The third-order valence-corrected chi connectivity index (χ3v) is 8.03. The minimum Gasteiger partial charge on any atom is -0.494 e. The van der Waals surface area contributed by atoms with Crippen molar-refractivity contribution in [3.8, 4) is 40.5 Å². The molecule has 0 fully saturated rings. The Bertz CT molecular complexity index is 1840. The Kier molecular flexibility index (Phi) is 10.0. The van der Waals surface area contributed by atoms with Crippen molar-refractivity contribution in [1.29, 1.82) is 10.5 Å². The summed E-state index contributed by atoms with van der Waals surface area (Å²) < 4.78 is 32.9. The first-order valence-electron chi connectivity index (χ1n) is 14.3. The van der Waals surface area contributed by atoms with Crippen molar-refractivity contribution in [3.63, 3.8) is 0 Å². The molecule has 0 saturated carbocycles. The minimum atomic E-state index is -1.22. The van der Waals surface area contributed by atoms with Gasteiger partial charge in [-0.1, -0.05) is 41.9 Å². The minimum absolute atomic E-state index is 0.00371. The van der Waals surface area contributed by atoms with Crippen LogP contribution < -0.4 is 19.5 Å². The number of halogens is 2. The van der Waals surface area contributed by atoms with Gasteiger partial charge in [-0.15, -0.1) is 0 Å². The second-order valence-corrected chi connectivity index (χ2v) is 11.0. The van der Waals surface area contributed by atoms with Crippen LogP contribution in [-0.4, -0.2) is 35.9 Å². The Morgan fingerprint density at radius 1 is 1.04 bits per heavy atom. The summed E-state index contributed by atoms with van der Waals surface area (Å²) in [6.45, 7) is -0.639. The molecule has 4 aromatic rings. The van der Waals surface area contributed by atoms with Crippen LogP contribution in [0.1, 0.15) is 45.9 Å². The standard InChI is InChI=1S/C35H29ClFN3O6/c1-44-31-7-3-6-27(34(31)37)24-4-2-5-26-25(24)8-9-30(26)46-33-14-32(23(13-28(33)36)17-40-29(18-41)35(42)43)45-19-22-11-20(15-38)10-21(12-22)16-39/h2-7,10-14,29-30,40-41H,8-9,17-19H2,1H3,(H,42,43)/t29?,30-/m0/s1. The fourth-order valence-corrected chi connectivity index (χ4v) is 5.72. The van der Waals surface area contributed by atoms with Gasteiger partial charge in [0.15, 0.2) is 11.6 Å². The van der Waals surface area contributed by atoms with E-state index in [4.69, 9.17) is 25.8 Å². The first-order chi connectivity index (χ1) is 22.3. The summed E-state index contributed by atoms with van der Waals surface area (Å²) in [6, 6.07) is 21.4. The Hall–Kier alpha value is -5.13. The SMILES string of the molecule is COc1cccc(-c2cccc3c2CC[C@@H]3Oc2cc(OCc3cc(C#N)cc(C#N)c3)c(CNC(CO)C(=O)O)cc2Cl)c1F. The molecule has 46 heavy (non-hydrogen) atoms. The molecule has 1 aliphatic rings. The molecule has 0 aliphatic heterocycles. The molecule has 0 radical (unpaired) electrons. The van der Waals surface area contributed by atoms with Crippen molar-refractivity contribution >= 4 is 17.6 Å². The zero-order valence-electron chi connectivity index (χ0n) is 24.7. The summed E-state index contributed by atoms with van der Waals surface area (Å²) in [7, 11) is 1.43. The Morgan fingerprint density at radius 2 is 1.76 bits per heavy atom. The van der Waals surface area contributed by atoms with Gasteiger partial charge in [-0.2, -0.15) is 10.5 Å². The van der Waals surface area contributed by atoms with Crippen molar-refractivity contribution in [2.75, 3.05) is 13.7 Å². The van der Waals surface area contributed by atoms with Crippen LogP contribution in [-0.2, 0) is 24.4 Å². The van der Waals surface area contributed by atoms with Crippen molar-refractivity contribution < 1.29 is 33.6 Å². The molecule has 1 unspecified atom stereocenters. The summed E-state index contributed by atoms with van der Waals surface area (Å²) in [5.74, 6) is -0.865. The molecule has 11 heteroatoms. The van der Waals surface area contributed by atoms with E-state index in [9.17, 15) is 25.5 Å². The lowest BCUT2D eigenvalue weighted by Gasteiger charge is -2.20. The van der Waals surface area contributed by atoms with Gasteiger partial charge in [-0.25, -0.2) is 4.39 Å². The van der Waals surface area contributed by atoms with Crippen LogP contribution in [0.5, 0.6) is 17.2 Å². The van der Waals surface area contributed by atoms with Gasteiger partial charge in [0.05, 0.1) is 42.0 Å². The average molecular weight is 642 g/mol. The Labute approximate surface area is 270 Å². The molecule has 0 amide bonds. The smallest absolute Gasteiger partial charge is 0.323 e. The van der Waals surface area contributed by atoms with Gasteiger partial charge in [0, 0.05) is 23.7 Å². The van der Waals surface area contributed by atoms with Gasteiger partial charge in [-0.3, -0.25) is 10.1 Å². The first kappa shape index (κ1) is 32.3. The van der Waals surface area contributed by atoms with Crippen molar-refractivity contribution in [1.82, 2.24) is 5.32 Å². The summed E-state index contributed by atoms with van der Waals surface area (Å²) in [5.41, 5.74) is 4.73. The highest BCUT2D eigenvalue weighted by Crippen LogP contribution is 2.44. The summed E-state index contributed by atoms with van der Waals surface area (Å²) in [6.07, 6.45) is 0.862. The number of aliphatic carboxylic acids is 1. The molecule has 0 saturated heterocycles. The van der Waals surface area contributed by atoms with Crippen LogP contribution in [0.4, 0.5) is 4.39 Å². The van der Waals surface area contributed by atoms with Gasteiger partial charge in [0.2, 0.25) is 0 Å². The third-order valence-electron chi connectivity index (χ3n) is 7.74. The number of nitrogens with one attached hydrogen (secondary N) is 1. The maximum atomic E-state index is 15.2. The van der Waals surface area contributed by atoms with Gasteiger partial charge < -0.3 is 24.4 Å². The number of carboxylic acid groups (broad SMARTS) is 1. The fourth-order valence-electron chi connectivity index (χ4n) is 5.49. The molecule has 234 valence electrons. The van der Waals surface area contributed by atoms with E-state index in [1.54, 1.807) is 42.5 Å². The van der Waals surface area contributed by atoms with Gasteiger partial charge in [0.25, 0.3) is 0 Å². The van der Waals surface area contributed by atoms with Crippen LogP contribution in [0.3, 0.4) is 0 Å². The lowest BCUT2D eigenvalue weighted by atomic mass is 9.96. The van der Waals surface area contributed by atoms with Crippen LogP contribution in [0.25, 0.3) is 11.1 Å². The number of rotatable bonds is 12. The highest BCUT2D eigenvalue weighted by Gasteiger charge is 2.29. The first-order valence-corrected chi connectivity index (χ1v) is 14.7. The predicted octanol–water partition coefficient (Wildman–Crippen LogP) is 6.08. The van der Waals surface area contributed by atoms with Crippen molar-refractivity contribution in [2.45, 2.75) is 38.1 Å². The van der Waals surface area contributed by atoms with Gasteiger partial charge >= 0.3 is 5.97 Å². The Morgan fingerprint density at radius 3 is 2.43 bits per heavy atom. The monoisotopic (exact) mass is 641 g/mol. The van der Waals surface area contributed by atoms with Crippen LogP contribution in [0.2, 0.25) is 5.02 Å². The highest BCUT2D eigenvalue weighted by molar-refractivity contribution is 6.32. The third kappa shape index (κ3) is 6.90. The number of benzene rings is 4. The number of aliphatic hydroxyl groups is 1. The highest BCUT2D eigenvalue weighted by atomic mass is 35.5. The van der Waals surface area contributed by atoms with E-state index >= 15 is 4.39 Å². The molecule has 0 spiro atoms. The second kappa shape index (κ2) is 14.3. The van der Waals surface area contributed by atoms with E-state index in [-0.39, 0.29) is 23.9 Å². The molecule has 0 aromatic heterocycles. The quantitative estimate of drug-likeness (QED) is 0.168. The molecule has 9 nitrogen and oxygen atoms in total. The maximum Gasteiger partial charge on any atom is 0.323 e. The summed E-state index contributed by atoms with van der Waals surface area (Å²) >= 11 is 6.69. The number of methoxy groups -OCH3 is 1. The Balaban J connectivity index is 1.45. The molecule has 5 rings (SSSR count).